The molecule has 7 nitrogen and oxygen atoms in total. The van der Waals surface area contributed by atoms with Crippen LogP contribution >= 0.6 is 11.3 Å². The molecular weight excluding hydrogens is 356 g/mol. The second-order valence-corrected chi connectivity index (χ2v) is 6.35. The number of hydrogen-bond acceptors (Lipinski definition) is 6. The molecule has 140 valence electrons. The molecule has 2 aromatic rings. The average molecular weight is 378 g/mol. The fourth-order valence-corrected chi connectivity index (χ4v) is 2.69. The molecule has 0 bridgehead atoms. The van der Waals surface area contributed by atoms with Crippen LogP contribution in [0.4, 0.5) is 4.79 Å². The summed E-state index contributed by atoms with van der Waals surface area (Å²) in [6, 6.07) is 10.7. The van der Waals surface area contributed by atoms with Gasteiger partial charge in [0.25, 0.3) is 5.91 Å². The van der Waals surface area contributed by atoms with Crippen molar-refractivity contribution >= 4 is 23.3 Å². The number of ether oxygens (including phenoxy) is 3. The number of alkyl carbamates (subject to hydrolysis) is 1. The van der Waals surface area contributed by atoms with E-state index in [-0.39, 0.29) is 19.1 Å². The normalized spacial score (nSPS) is 10.6. The first-order chi connectivity index (χ1) is 12.6. The number of carbonyl (C=O) groups is 2. The maximum absolute atomic E-state index is 12.0. The van der Waals surface area contributed by atoms with Crippen molar-refractivity contribution in [2.45, 2.75) is 19.4 Å². The van der Waals surface area contributed by atoms with Crippen LogP contribution in [-0.2, 0) is 27.4 Å². The molecule has 0 aliphatic carbocycles. The number of thiophene rings is 1. The molecule has 26 heavy (non-hydrogen) atoms. The summed E-state index contributed by atoms with van der Waals surface area (Å²) in [6.45, 7) is 0.832. The Bertz CT molecular complexity index is 684. The Morgan fingerprint density at radius 1 is 1.08 bits per heavy atom. The number of amides is 2. The third-order valence-corrected chi connectivity index (χ3v) is 4.38. The topological polar surface area (TPSA) is 85.9 Å². The summed E-state index contributed by atoms with van der Waals surface area (Å²) in [4.78, 5) is 24.7. The Hall–Kier alpha value is -2.42. The molecule has 0 aliphatic rings. The van der Waals surface area contributed by atoms with Crippen LogP contribution < -0.4 is 10.6 Å². The Labute approximate surface area is 156 Å². The van der Waals surface area contributed by atoms with Gasteiger partial charge < -0.3 is 24.8 Å². The smallest absolute Gasteiger partial charge is 0.407 e. The van der Waals surface area contributed by atoms with Gasteiger partial charge in [0.2, 0.25) is 0 Å². The first-order valence-corrected chi connectivity index (χ1v) is 8.86. The van der Waals surface area contributed by atoms with E-state index in [4.69, 9.17) is 14.2 Å². The van der Waals surface area contributed by atoms with Crippen LogP contribution in [0.15, 0.2) is 41.8 Å². The number of carbonyl (C=O) groups excluding carboxylic acids is 2. The van der Waals surface area contributed by atoms with Crippen LogP contribution in [0.5, 0.6) is 0 Å². The lowest BCUT2D eigenvalue weighted by Crippen LogP contribution is -2.34. The van der Waals surface area contributed by atoms with Crippen molar-refractivity contribution in [1.82, 2.24) is 10.6 Å². The molecule has 2 rings (SSSR count). The van der Waals surface area contributed by atoms with Crippen LogP contribution in [0.1, 0.15) is 20.8 Å². The molecule has 0 radical (unpaired) electrons. The first-order valence-electron chi connectivity index (χ1n) is 7.98. The van der Waals surface area contributed by atoms with Gasteiger partial charge in [-0.2, -0.15) is 0 Å². The number of methoxy groups -OCH3 is 2. The number of rotatable bonds is 9. The van der Waals surface area contributed by atoms with Gasteiger partial charge in [0.15, 0.2) is 6.29 Å². The predicted molar refractivity (Wildman–Crippen MR) is 97.9 cm³/mol. The molecule has 0 unspecified atom stereocenters. The molecule has 0 aliphatic heterocycles. The van der Waals surface area contributed by atoms with Crippen molar-refractivity contribution in [3.05, 3.63) is 57.8 Å². The zero-order chi connectivity index (χ0) is 18.8. The van der Waals surface area contributed by atoms with E-state index in [0.717, 1.165) is 10.4 Å². The highest BCUT2D eigenvalue weighted by molar-refractivity contribution is 7.09. The molecule has 0 saturated heterocycles. The zero-order valence-electron chi connectivity index (χ0n) is 14.7. The van der Waals surface area contributed by atoms with E-state index in [2.05, 4.69) is 10.6 Å². The minimum Gasteiger partial charge on any atom is -0.444 e. The first kappa shape index (κ1) is 19.9. The van der Waals surface area contributed by atoms with Gasteiger partial charge in [-0.15, -0.1) is 11.3 Å². The molecule has 0 spiro atoms. The summed E-state index contributed by atoms with van der Waals surface area (Å²) < 4.78 is 15.1. The van der Waals surface area contributed by atoms with Gasteiger partial charge in [-0.05, 0) is 29.1 Å². The molecule has 1 heterocycles. The van der Waals surface area contributed by atoms with E-state index in [0.29, 0.717) is 12.1 Å². The summed E-state index contributed by atoms with van der Waals surface area (Å²) >= 11 is 1.53. The van der Waals surface area contributed by atoms with Crippen LogP contribution in [-0.4, -0.2) is 39.1 Å². The quantitative estimate of drug-likeness (QED) is 0.655. The monoisotopic (exact) mass is 378 g/mol. The van der Waals surface area contributed by atoms with Crippen molar-refractivity contribution in [3.8, 4) is 0 Å². The van der Waals surface area contributed by atoms with Gasteiger partial charge in [-0.25, -0.2) is 4.79 Å². The van der Waals surface area contributed by atoms with Crippen molar-refractivity contribution in [3.63, 3.8) is 0 Å². The molecule has 2 amide bonds. The maximum atomic E-state index is 12.0. The van der Waals surface area contributed by atoms with Crippen molar-refractivity contribution in [1.29, 1.82) is 0 Å². The predicted octanol–water partition coefficient (Wildman–Crippen LogP) is 2.52. The van der Waals surface area contributed by atoms with Gasteiger partial charge in [0.05, 0.1) is 6.54 Å². The molecule has 1 aromatic heterocycles. The fraction of sp³-hybridized carbons (Fsp3) is 0.333. The fourth-order valence-electron chi connectivity index (χ4n) is 2.07. The van der Waals surface area contributed by atoms with Crippen molar-refractivity contribution in [2.75, 3.05) is 20.8 Å². The highest BCUT2D eigenvalue weighted by Gasteiger charge is 2.10. The van der Waals surface area contributed by atoms with E-state index in [1.165, 1.54) is 25.6 Å². The molecule has 0 saturated carbocycles. The second kappa shape index (κ2) is 10.5. The molecule has 0 fully saturated rings. The minimum atomic E-state index is -0.484. The highest BCUT2D eigenvalue weighted by atomic mass is 32.1. The summed E-state index contributed by atoms with van der Waals surface area (Å²) in [5.74, 6) is -0.223. The average Bonchev–Trinajstić information content (AvgIpc) is 3.19. The third kappa shape index (κ3) is 6.47. The zero-order valence-corrected chi connectivity index (χ0v) is 15.5. The standard InChI is InChI=1S/C18H22N2O5S/c1-23-16(24-2)11-19-17(21)14-7-5-13(6-8-14)10-20-18(22)25-12-15-4-3-9-26-15/h3-9,16H,10-12H2,1-2H3,(H,19,21)(H,20,22). The SMILES string of the molecule is COC(CNC(=O)c1ccc(CNC(=O)OCc2cccs2)cc1)OC. The number of nitrogens with one attached hydrogen (secondary N) is 2. The van der Waals surface area contributed by atoms with Crippen LogP contribution in [0.25, 0.3) is 0 Å². The number of benzene rings is 1. The van der Waals surface area contributed by atoms with Gasteiger partial charge >= 0.3 is 6.09 Å². The Kier molecular flexibility index (Phi) is 8.07. The van der Waals surface area contributed by atoms with Crippen molar-refractivity contribution < 1.29 is 23.8 Å². The van der Waals surface area contributed by atoms with Crippen LogP contribution in [0, 0.1) is 0 Å². The third-order valence-electron chi connectivity index (χ3n) is 3.53. The second-order valence-electron chi connectivity index (χ2n) is 5.32. The van der Waals surface area contributed by atoms with Gasteiger partial charge in [-0.1, -0.05) is 18.2 Å². The van der Waals surface area contributed by atoms with E-state index in [1.54, 1.807) is 24.3 Å². The molecule has 1 aromatic carbocycles. The lowest BCUT2D eigenvalue weighted by Gasteiger charge is -2.14. The van der Waals surface area contributed by atoms with E-state index in [1.807, 2.05) is 17.5 Å². The highest BCUT2D eigenvalue weighted by Crippen LogP contribution is 2.10. The molecule has 2 N–H and O–H groups in total. The largest absolute Gasteiger partial charge is 0.444 e. The summed E-state index contributed by atoms with van der Waals surface area (Å²) in [5.41, 5.74) is 1.38. The summed E-state index contributed by atoms with van der Waals surface area (Å²) in [6.07, 6.45) is -0.965. The minimum absolute atomic E-state index is 0.223. The summed E-state index contributed by atoms with van der Waals surface area (Å²) in [7, 11) is 3.01. The Morgan fingerprint density at radius 3 is 2.42 bits per heavy atom. The van der Waals surface area contributed by atoms with Crippen molar-refractivity contribution in [2.24, 2.45) is 0 Å². The summed E-state index contributed by atoms with van der Waals surface area (Å²) in [5, 5.41) is 7.33. The van der Waals surface area contributed by atoms with E-state index in [9.17, 15) is 9.59 Å². The van der Waals surface area contributed by atoms with E-state index < -0.39 is 12.4 Å². The molecular formula is C18H22N2O5S. The van der Waals surface area contributed by atoms with Crippen LogP contribution in [0.3, 0.4) is 0 Å². The lowest BCUT2D eigenvalue weighted by atomic mass is 10.1. The molecule has 0 atom stereocenters. The Morgan fingerprint density at radius 2 is 1.81 bits per heavy atom. The van der Waals surface area contributed by atoms with Gasteiger partial charge in [-0.3, -0.25) is 4.79 Å². The lowest BCUT2D eigenvalue weighted by molar-refractivity contribution is -0.0974. The van der Waals surface area contributed by atoms with E-state index >= 15 is 0 Å². The molecule has 8 heteroatoms. The Balaban J connectivity index is 1.74. The number of hydrogen-bond donors (Lipinski definition) is 2. The van der Waals surface area contributed by atoms with Crippen LogP contribution in [0.2, 0.25) is 0 Å². The van der Waals surface area contributed by atoms with Gasteiger partial charge in [0.1, 0.15) is 6.61 Å². The maximum Gasteiger partial charge on any atom is 0.407 e. The van der Waals surface area contributed by atoms with Gasteiger partial charge in [0, 0.05) is 31.2 Å².